The second-order valence-corrected chi connectivity index (χ2v) is 1.85. The zero-order valence-electron chi connectivity index (χ0n) is 6.64. The summed E-state index contributed by atoms with van der Waals surface area (Å²) in [7, 11) is 2.92. The lowest BCUT2D eigenvalue weighted by Crippen LogP contribution is -2.35. The zero-order valence-corrected chi connectivity index (χ0v) is 6.64. The Bertz CT molecular complexity index is 147. The molecule has 1 amide bonds. The topological polar surface area (TPSA) is 67.4 Å². The fourth-order valence-corrected chi connectivity index (χ4v) is 0.466. The molecule has 0 fully saturated rings. The molecule has 64 valence electrons. The Kier molecular flexibility index (Phi) is 5.10. The van der Waals surface area contributed by atoms with E-state index in [1.807, 2.05) is 0 Å². The summed E-state index contributed by atoms with van der Waals surface area (Å²) in [6, 6.07) is 0. The van der Waals surface area contributed by atoms with Gasteiger partial charge in [-0.05, 0) is 7.05 Å². The molecule has 0 aliphatic rings. The van der Waals surface area contributed by atoms with Gasteiger partial charge in [0.15, 0.2) is 0 Å². The molecule has 0 radical (unpaired) electrons. The lowest BCUT2D eigenvalue weighted by molar-refractivity contribution is -0.152. The van der Waals surface area contributed by atoms with E-state index in [4.69, 9.17) is 0 Å². The van der Waals surface area contributed by atoms with Gasteiger partial charge in [-0.25, -0.2) is 4.79 Å². The van der Waals surface area contributed by atoms with Crippen molar-refractivity contribution in [3.05, 3.63) is 0 Å². The van der Waals surface area contributed by atoms with Gasteiger partial charge < -0.3 is 15.4 Å². The Morgan fingerprint density at radius 1 is 1.36 bits per heavy atom. The molecule has 5 heteroatoms. The highest BCUT2D eigenvalue weighted by Crippen LogP contribution is 1.71. The maximum atomic E-state index is 10.6. The Balaban J connectivity index is 3.44. The molecular weight excluding hydrogens is 148 g/mol. The predicted octanol–water partition coefficient (Wildman–Crippen LogP) is -1.50. The van der Waals surface area contributed by atoms with Crippen molar-refractivity contribution in [2.75, 3.05) is 27.2 Å². The van der Waals surface area contributed by atoms with Gasteiger partial charge in [-0.3, -0.25) is 4.79 Å². The average Bonchev–Trinajstić information content (AvgIpc) is 2.03. The second-order valence-electron chi connectivity index (χ2n) is 1.85. The number of rotatable bonds is 3. The average molecular weight is 160 g/mol. The maximum Gasteiger partial charge on any atom is 0.396 e. The third-order valence-electron chi connectivity index (χ3n) is 1.03. The van der Waals surface area contributed by atoms with Crippen LogP contribution >= 0.6 is 0 Å². The lowest BCUT2D eigenvalue weighted by Gasteiger charge is -2.01. The van der Waals surface area contributed by atoms with Crippen molar-refractivity contribution in [1.82, 2.24) is 10.6 Å². The SMILES string of the molecule is CNCCNC(=O)C(=O)OC. The number of carbonyl (C=O) groups excluding carboxylic acids is 2. The summed E-state index contributed by atoms with van der Waals surface area (Å²) < 4.78 is 4.17. The van der Waals surface area contributed by atoms with Gasteiger partial charge in [0.25, 0.3) is 0 Å². The molecular formula is C6H12N2O3. The molecule has 0 aromatic heterocycles. The van der Waals surface area contributed by atoms with Gasteiger partial charge in [-0.2, -0.15) is 0 Å². The van der Waals surface area contributed by atoms with E-state index >= 15 is 0 Å². The summed E-state index contributed by atoms with van der Waals surface area (Å²) in [5, 5.41) is 5.17. The van der Waals surface area contributed by atoms with Crippen LogP contribution < -0.4 is 10.6 Å². The van der Waals surface area contributed by atoms with Crippen LogP contribution in [-0.4, -0.2) is 39.1 Å². The Hall–Kier alpha value is -1.10. The van der Waals surface area contributed by atoms with Gasteiger partial charge >= 0.3 is 11.9 Å². The maximum absolute atomic E-state index is 10.6. The van der Waals surface area contributed by atoms with Crippen LogP contribution in [0.3, 0.4) is 0 Å². The van der Waals surface area contributed by atoms with Gasteiger partial charge in [-0.15, -0.1) is 0 Å². The summed E-state index contributed by atoms with van der Waals surface area (Å²) in [6.45, 7) is 1.05. The number of likely N-dealkylation sites (N-methyl/N-ethyl adjacent to an activating group) is 1. The minimum Gasteiger partial charge on any atom is -0.462 e. The van der Waals surface area contributed by atoms with Crippen molar-refractivity contribution in [3.63, 3.8) is 0 Å². The van der Waals surface area contributed by atoms with Crippen molar-refractivity contribution >= 4 is 11.9 Å². The minimum atomic E-state index is -0.860. The zero-order chi connectivity index (χ0) is 8.69. The van der Waals surface area contributed by atoms with Crippen molar-refractivity contribution < 1.29 is 14.3 Å². The van der Waals surface area contributed by atoms with Gasteiger partial charge in [0.1, 0.15) is 0 Å². The van der Waals surface area contributed by atoms with Crippen molar-refractivity contribution in [1.29, 1.82) is 0 Å². The van der Waals surface area contributed by atoms with Crippen LogP contribution in [0.5, 0.6) is 0 Å². The van der Waals surface area contributed by atoms with Gasteiger partial charge in [0.05, 0.1) is 7.11 Å². The standard InChI is InChI=1S/C6H12N2O3/c1-7-3-4-8-5(9)6(10)11-2/h7H,3-4H2,1-2H3,(H,8,9). The molecule has 0 aromatic carbocycles. The van der Waals surface area contributed by atoms with Crippen LogP contribution in [0.15, 0.2) is 0 Å². The first-order valence-electron chi connectivity index (χ1n) is 3.23. The van der Waals surface area contributed by atoms with Crippen molar-refractivity contribution in [2.24, 2.45) is 0 Å². The van der Waals surface area contributed by atoms with Crippen LogP contribution in [0.1, 0.15) is 0 Å². The van der Waals surface area contributed by atoms with E-state index in [9.17, 15) is 9.59 Å². The first kappa shape index (κ1) is 9.90. The Morgan fingerprint density at radius 2 is 2.00 bits per heavy atom. The van der Waals surface area contributed by atoms with E-state index in [-0.39, 0.29) is 0 Å². The normalized spacial score (nSPS) is 8.91. The summed E-state index contributed by atoms with van der Waals surface area (Å²) in [5.74, 6) is -1.57. The summed E-state index contributed by atoms with van der Waals surface area (Å²) in [5.41, 5.74) is 0. The lowest BCUT2D eigenvalue weighted by atomic mass is 10.5. The monoisotopic (exact) mass is 160 g/mol. The molecule has 0 aliphatic heterocycles. The summed E-state index contributed by atoms with van der Waals surface area (Å²) in [6.07, 6.45) is 0. The quantitative estimate of drug-likeness (QED) is 0.299. The van der Waals surface area contributed by atoms with Gasteiger partial charge in [-0.1, -0.05) is 0 Å². The number of carbonyl (C=O) groups is 2. The van der Waals surface area contributed by atoms with Crippen molar-refractivity contribution in [2.45, 2.75) is 0 Å². The summed E-state index contributed by atoms with van der Waals surface area (Å²) in [4.78, 5) is 21.1. The van der Waals surface area contributed by atoms with Crippen LogP contribution in [0, 0.1) is 0 Å². The molecule has 5 nitrogen and oxygen atoms in total. The number of methoxy groups -OCH3 is 1. The highest BCUT2D eigenvalue weighted by molar-refractivity contribution is 6.32. The molecule has 0 spiro atoms. The molecule has 0 bridgehead atoms. The van der Waals surface area contributed by atoms with Crippen LogP contribution in [0.4, 0.5) is 0 Å². The third-order valence-corrected chi connectivity index (χ3v) is 1.03. The highest BCUT2D eigenvalue weighted by Gasteiger charge is 2.11. The number of hydrogen-bond acceptors (Lipinski definition) is 4. The number of nitrogens with one attached hydrogen (secondary N) is 2. The highest BCUT2D eigenvalue weighted by atomic mass is 16.5. The van der Waals surface area contributed by atoms with Crippen LogP contribution in [-0.2, 0) is 14.3 Å². The first-order chi connectivity index (χ1) is 5.22. The van der Waals surface area contributed by atoms with Crippen LogP contribution in [0.25, 0.3) is 0 Å². The number of esters is 1. The minimum absolute atomic E-state index is 0.421. The van der Waals surface area contributed by atoms with E-state index in [1.165, 1.54) is 7.11 Å². The molecule has 2 N–H and O–H groups in total. The smallest absolute Gasteiger partial charge is 0.396 e. The molecule has 0 saturated heterocycles. The molecule has 0 atom stereocenters. The molecule has 11 heavy (non-hydrogen) atoms. The molecule has 0 aromatic rings. The first-order valence-corrected chi connectivity index (χ1v) is 3.23. The summed E-state index contributed by atoms with van der Waals surface area (Å²) >= 11 is 0. The van der Waals surface area contributed by atoms with Gasteiger partial charge in [0, 0.05) is 13.1 Å². The molecule has 0 unspecified atom stereocenters. The largest absolute Gasteiger partial charge is 0.462 e. The fourth-order valence-electron chi connectivity index (χ4n) is 0.466. The molecule has 0 rings (SSSR count). The molecule has 0 heterocycles. The van der Waals surface area contributed by atoms with Crippen LogP contribution in [0.2, 0.25) is 0 Å². The van der Waals surface area contributed by atoms with Crippen molar-refractivity contribution in [3.8, 4) is 0 Å². The van der Waals surface area contributed by atoms with E-state index in [2.05, 4.69) is 15.4 Å². The Morgan fingerprint density at radius 3 is 2.45 bits per heavy atom. The van der Waals surface area contributed by atoms with Gasteiger partial charge in [0.2, 0.25) is 0 Å². The number of ether oxygens (including phenoxy) is 1. The molecule has 0 aliphatic carbocycles. The number of hydrogen-bond donors (Lipinski definition) is 2. The second kappa shape index (κ2) is 5.67. The van der Waals surface area contributed by atoms with E-state index in [1.54, 1.807) is 7.05 Å². The van der Waals surface area contributed by atoms with E-state index in [0.717, 1.165) is 0 Å². The predicted molar refractivity (Wildman–Crippen MR) is 39.0 cm³/mol. The third kappa shape index (κ3) is 4.32. The Labute approximate surface area is 65.1 Å². The number of amides is 1. The van der Waals surface area contributed by atoms with E-state index < -0.39 is 11.9 Å². The van der Waals surface area contributed by atoms with E-state index in [0.29, 0.717) is 13.1 Å². The molecule has 0 saturated carbocycles. The fraction of sp³-hybridized carbons (Fsp3) is 0.667.